The second kappa shape index (κ2) is 12.9. The average molecular weight is 587 g/mol. The van der Waals surface area contributed by atoms with E-state index < -0.39 is 0 Å². The van der Waals surface area contributed by atoms with Crippen molar-refractivity contribution in [3.05, 3.63) is 112 Å². The van der Waals surface area contributed by atoms with E-state index in [-0.39, 0.29) is 47.6 Å². The number of pyridine rings is 1. The first-order valence-electron chi connectivity index (χ1n) is 11.2. The van der Waals surface area contributed by atoms with E-state index in [9.17, 15) is 14.0 Å². The van der Waals surface area contributed by atoms with Crippen LogP contribution in [0.4, 0.5) is 4.39 Å². The van der Waals surface area contributed by atoms with Crippen LogP contribution in [-0.4, -0.2) is 18.4 Å². The monoisotopic (exact) mass is 585 g/mol. The zero-order chi connectivity index (χ0) is 24.8. The quantitative estimate of drug-likeness (QED) is 0.131. The van der Waals surface area contributed by atoms with Crippen LogP contribution in [-0.2, 0) is 21.7 Å². The molecule has 8 heteroatoms. The van der Waals surface area contributed by atoms with Gasteiger partial charge in [0.15, 0.2) is 12.4 Å². The zero-order valence-corrected chi connectivity index (χ0v) is 23.1. The second-order valence-corrected chi connectivity index (χ2v) is 10.2. The standard InChI is InChI=1S/C28H25FNO3S2.BrH/c1-3-33-24(31)17-23-25(30-15-13-19(2)14-16-30)28(34-18-20-9-11-22(29)12-10-20)35-27(23)26(32)21-7-5-4-6-8-21;/h4-16H,3,17-18H2,1-2H3;1H/q+1;/p-1. The molecule has 2 aromatic heterocycles. The average Bonchev–Trinajstić information content (AvgIpc) is 3.22. The first-order valence-corrected chi connectivity index (χ1v) is 13.0. The minimum absolute atomic E-state index is 0. The number of nitrogens with zero attached hydrogens (tertiary/aromatic N) is 1. The predicted molar refractivity (Wildman–Crippen MR) is 137 cm³/mol. The third-order valence-corrected chi connectivity index (χ3v) is 7.91. The minimum atomic E-state index is -0.378. The Bertz CT molecular complexity index is 1320. The fourth-order valence-electron chi connectivity index (χ4n) is 3.60. The van der Waals surface area contributed by atoms with E-state index in [1.807, 2.05) is 54.2 Å². The normalized spacial score (nSPS) is 10.5. The van der Waals surface area contributed by atoms with E-state index in [4.69, 9.17) is 4.74 Å². The van der Waals surface area contributed by atoms with Gasteiger partial charge >= 0.3 is 5.97 Å². The van der Waals surface area contributed by atoms with Crippen LogP contribution in [0.1, 0.15) is 38.8 Å². The fraction of sp³-hybridized carbons (Fsp3) is 0.179. The molecule has 186 valence electrons. The van der Waals surface area contributed by atoms with Gasteiger partial charge in [-0.2, -0.15) is 4.57 Å². The Labute approximate surface area is 228 Å². The van der Waals surface area contributed by atoms with Crippen LogP contribution < -0.4 is 21.5 Å². The van der Waals surface area contributed by atoms with Crippen molar-refractivity contribution in [2.45, 2.75) is 30.2 Å². The molecule has 2 heterocycles. The number of hydrogen-bond donors (Lipinski definition) is 0. The largest absolute Gasteiger partial charge is 1.00 e. The molecule has 0 saturated carbocycles. The summed E-state index contributed by atoms with van der Waals surface area (Å²) in [6, 6.07) is 19.4. The highest BCUT2D eigenvalue weighted by Crippen LogP contribution is 2.39. The Hall–Kier alpha value is -2.81. The number of thiophene rings is 1. The van der Waals surface area contributed by atoms with Crippen molar-refractivity contribution in [1.29, 1.82) is 0 Å². The van der Waals surface area contributed by atoms with Crippen LogP contribution in [0.5, 0.6) is 0 Å². The summed E-state index contributed by atoms with van der Waals surface area (Å²) in [5.74, 6) is -0.190. The van der Waals surface area contributed by atoms with E-state index in [0.29, 0.717) is 21.8 Å². The Kier molecular flexibility index (Phi) is 9.98. The first kappa shape index (κ1) is 27.8. The van der Waals surface area contributed by atoms with Crippen molar-refractivity contribution in [1.82, 2.24) is 0 Å². The summed E-state index contributed by atoms with van der Waals surface area (Å²) < 4.78 is 21.5. The minimum Gasteiger partial charge on any atom is -1.00 e. The summed E-state index contributed by atoms with van der Waals surface area (Å²) >= 11 is 2.95. The third kappa shape index (κ3) is 6.69. The van der Waals surface area contributed by atoms with Gasteiger partial charge in [-0.1, -0.05) is 42.5 Å². The number of aromatic nitrogens is 1. The van der Waals surface area contributed by atoms with Gasteiger partial charge in [-0.15, -0.1) is 23.1 Å². The van der Waals surface area contributed by atoms with E-state index >= 15 is 0 Å². The SMILES string of the molecule is CCOC(=O)Cc1c(C(=O)c2ccccc2)sc(SCc2ccc(F)cc2)c1-[n+]1ccc(C)cc1.[Br-]. The number of ketones is 1. The first-order chi connectivity index (χ1) is 17.0. The molecular weight excluding hydrogens is 561 g/mol. The lowest BCUT2D eigenvalue weighted by molar-refractivity contribution is -0.598. The van der Waals surface area contributed by atoms with Crippen molar-refractivity contribution >= 4 is 34.9 Å². The van der Waals surface area contributed by atoms with Crippen molar-refractivity contribution in [3.8, 4) is 5.69 Å². The number of aryl methyl sites for hydroxylation is 1. The topological polar surface area (TPSA) is 47.3 Å². The smallest absolute Gasteiger partial charge is 0.310 e. The van der Waals surface area contributed by atoms with Crippen LogP contribution in [0, 0.1) is 12.7 Å². The summed E-state index contributed by atoms with van der Waals surface area (Å²) in [5, 5.41) is 0. The van der Waals surface area contributed by atoms with E-state index in [1.54, 1.807) is 43.0 Å². The highest BCUT2D eigenvalue weighted by Gasteiger charge is 2.31. The lowest BCUT2D eigenvalue weighted by atomic mass is 10.0. The number of benzene rings is 2. The summed E-state index contributed by atoms with van der Waals surface area (Å²) in [5.41, 5.74) is 4.08. The molecule has 0 amide bonds. The van der Waals surface area contributed by atoms with Crippen molar-refractivity contribution < 1.29 is 40.3 Å². The van der Waals surface area contributed by atoms with Crippen LogP contribution >= 0.6 is 23.1 Å². The number of esters is 1. The maximum atomic E-state index is 13.6. The van der Waals surface area contributed by atoms with Gasteiger partial charge in [0.2, 0.25) is 11.5 Å². The Morgan fingerprint density at radius 3 is 2.31 bits per heavy atom. The van der Waals surface area contributed by atoms with E-state index in [0.717, 1.165) is 21.0 Å². The van der Waals surface area contributed by atoms with Crippen LogP contribution in [0.25, 0.3) is 5.69 Å². The van der Waals surface area contributed by atoms with Gasteiger partial charge < -0.3 is 21.7 Å². The van der Waals surface area contributed by atoms with Crippen molar-refractivity contribution in [3.63, 3.8) is 0 Å². The number of rotatable bonds is 9. The molecule has 0 spiro atoms. The van der Waals surface area contributed by atoms with Crippen LogP contribution in [0.15, 0.2) is 83.3 Å². The van der Waals surface area contributed by atoms with Crippen molar-refractivity contribution in [2.24, 2.45) is 0 Å². The summed E-state index contributed by atoms with van der Waals surface area (Å²) in [4.78, 5) is 26.7. The Morgan fingerprint density at radius 1 is 1.00 bits per heavy atom. The molecule has 0 fully saturated rings. The number of carbonyl (C=O) groups excluding carboxylic acids is 2. The number of hydrogen-bond acceptors (Lipinski definition) is 5. The van der Waals surface area contributed by atoms with Gasteiger partial charge in [0, 0.05) is 23.4 Å². The highest BCUT2D eigenvalue weighted by molar-refractivity contribution is 8.00. The number of halogens is 2. The van der Waals surface area contributed by atoms with Crippen LogP contribution in [0.3, 0.4) is 0 Å². The lowest BCUT2D eigenvalue weighted by Gasteiger charge is -2.06. The molecular formula is C28H25BrFNO3S2. The van der Waals surface area contributed by atoms with Gasteiger partial charge in [0.25, 0.3) is 0 Å². The third-order valence-electron chi connectivity index (χ3n) is 5.35. The molecule has 0 aliphatic carbocycles. The molecule has 4 rings (SSSR count). The number of carbonyl (C=O) groups is 2. The molecule has 4 nitrogen and oxygen atoms in total. The fourth-order valence-corrected chi connectivity index (χ4v) is 6.13. The maximum absolute atomic E-state index is 13.6. The Morgan fingerprint density at radius 2 is 1.67 bits per heavy atom. The molecule has 36 heavy (non-hydrogen) atoms. The lowest BCUT2D eigenvalue weighted by Crippen LogP contribution is -3.00. The van der Waals surface area contributed by atoms with Gasteiger partial charge in [-0.05, 0) is 37.1 Å². The molecule has 4 aromatic rings. The molecule has 0 saturated heterocycles. The zero-order valence-electron chi connectivity index (χ0n) is 19.9. The second-order valence-electron chi connectivity index (χ2n) is 7.92. The summed E-state index contributed by atoms with van der Waals surface area (Å²) in [6.07, 6.45) is 3.86. The van der Waals surface area contributed by atoms with Gasteiger partial charge in [0.1, 0.15) is 10.0 Å². The molecule has 2 aromatic carbocycles. The van der Waals surface area contributed by atoms with E-state index in [1.165, 1.54) is 23.5 Å². The van der Waals surface area contributed by atoms with Crippen molar-refractivity contribution in [2.75, 3.05) is 6.61 Å². The highest BCUT2D eigenvalue weighted by atomic mass is 79.9. The number of thioether (sulfide) groups is 1. The molecule has 0 radical (unpaired) electrons. The van der Waals surface area contributed by atoms with Gasteiger partial charge in [-0.3, -0.25) is 9.59 Å². The Balaban J connectivity index is 0.00000361. The van der Waals surface area contributed by atoms with Gasteiger partial charge in [0.05, 0.1) is 23.5 Å². The molecule has 0 unspecified atom stereocenters. The summed E-state index contributed by atoms with van der Waals surface area (Å²) in [7, 11) is 0. The summed E-state index contributed by atoms with van der Waals surface area (Å²) in [6.45, 7) is 4.04. The molecule has 0 bridgehead atoms. The van der Waals surface area contributed by atoms with E-state index in [2.05, 4.69) is 0 Å². The molecule has 0 aliphatic heterocycles. The molecule has 0 atom stereocenters. The van der Waals surface area contributed by atoms with Crippen LogP contribution in [0.2, 0.25) is 0 Å². The number of ether oxygens (including phenoxy) is 1. The molecule has 0 N–H and O–H groups in total. The molecule has 0 aliphatic rings. The van der Waals surface area contributed by atoms with Gasteiger partial charge in [-0.25, -0.2) is 4.39 Å². The predicted octanol–water partition coefficient (Wildman–Crippen LogP) is 3.11. The maximum Gasteiger partial charge on any atom is 0.310 e.